The fraction of sp³-hybridized carbons (Fsp3) is 0.192. The van der Waals surface area contributed by atoms with E-state index >= 15 is 0 Å². The van der Waals surface area contributed by atoms with Crippen molar-refractivity contribution in [2.24, 2.45) is 0 Å². The Morgan fingerprint density at radius 2 is 1.82 bits per heavy atom. The Morgan fingerprint density at radius 1 is 1.06 bits per heavy atom. The Morgan fingerprint density at radius 3 is 2.53 bits per heavy atom. The molecule has 0 aliphatic rings. The molecule has 0 aliphatic heterocycles. The van der Waals surface area contributed by atoms with E-state index in [2.05, 4.69) is 5.32 Å². The lowest BCUT2D eigenvalue weighted by molar-refractivity contribution is 0.0529. The molecule has 2 aromatic heterocycles. The van der Waals surface area contributed by atoms with Crippen molar-refractivity contribution in [3.05, 3.63) is 85.0 Å². The Kier molecular flexibility index (Phi) is 6.59. The third-order valence-electron chi connectivity index (χ3n) is 5.53. The fourth-order valence-corrected chi connectivity index (χ4v) is 4.94. The van der Waals surface area contributed by atoms with E-state index in [9.17, 15) is 14.4 Å². The van der Waals surface area contributed by atoms with Gasteiger partial charge >= 0.3 is 11.6 Å². The predicted octanol–water partition coefficient (Wildman–Crippen LogP) is 6.53. The summed E-state index contributed by atoms with van der Waals surface area (Å²) in [6, 6.07) is 12.1. The molecule has 4 aromatic rings. The summed E-state index contributed by atoms with van der Waals surface area (Å²) in [5.74, 6) is -1.23. The Balaban J connectivity index is 1.80. The molecule has 0 aliphatic carbocycles. The van der Waals surface area contributed by atoms with Crippen molar-refractivity contribution in [3.8, 4) is 11.1 Å². The van der Waals surface area contributed by atoms with Crippen molar-refractivity contribution < 1.29 is 18.7 Å². The zero-order chi connectivity index (χ0) is 24.6. The Bertz CT molecular complexity index is 1500. The molecule has 34 heavy (non-hydrogen) atoms. The molecule has 0 spiro atoms. The summed E-state index contributed by atoms with van der Waals surface area (Å²) in [7, 11) is 0. The van der Waals surface area contributed by atoms with E-state index < -0.39 is 17.5 Å². The van der Waals surface area contributed by atoms with Crippen LogP contribution in [0.15, 0.2) is 51.7 Å². The van der Waals surface area contributed by atoms with Crippen LogP contribution >= 0.6 is 22.9 Å². The summed E-state index contributed by atoms with van der Waals surface area (Å²) in [6.45, 7) is 7.79. The largest absolute Gasteiger partial charge is 0.462 e. The number of amides is 1. The standard InChI is InChI=1S/C26H22ClNO5S/c1-5-32-26(31)22-21(16-7-6-13(2)14(3)10-16)15(4)34-24(22)28-23(29)19-12-17-11-18(27)8-9-20(17)33-25(19)30/h6-12H,5H2,1-4H3,(H,28,29). The van der Waals surface area contributed by atoms with Gasteiger partial charge in [0, 0.05) is 20.8 Å². The molecule has 0 saturated carbocycles. The molecular formula is C26H22ClNO5S. The average Bonchev–Trinajstić information content (AvgIpc) is 3.11. The second-order valence-corrected chi connectivity index (χ2v) is 9.50. The molecule has 8 heteroatoms. The van der Waals surface area contributed by atoms with E-state index in [1.807, 2.05) is 39.0 Å². The Hall–Kier alpha value is -3.42. The number of benzene rings is 2. The second kappa shape index (κ2) is 9.44. The maximum absolute atomic E-state index is 13.1. The smallest absolute Gasteiger partial charge is 0.349 e. The van der Waals surface area contributed by atoms with E-state index in [4.69, 9.17) is 20.8 Å². The third-order valence-corrected chi connectivity index (χ3v) is 6.78. The lowest BCUT2D eigenvalue weighted by atomic mass is 9.97. The highest BCUT2D eigenvalue weighted by atomic mass is 35.5. The molecule has 0 atom stereocenters. The summed E-state index contributed by atoms with van der Waals surface area (Å²) in [6.07, 6.45) is 0. The lowest BCUT2D eigenvalue weighted by Crippen LogP contribution is -2.21. The molecule has 0 saturated heterocycles. The van der Waals surface area contributed by atoms with Crippen molar-refractivity contribution in [2.75, 3.05) is 11.9 Å². The highest BCUT2D eigenvalue weighted by Crippen LogP contribution is 2.41. The van der Waals surface area contributed by atoms with E-state index in [0.717, 1.165) is 21.6 Å². The number of aryl methyl sites for hydroxylation is 3. The van der Waals surface area contributed by atoms with Gasteiger partial charge in [-0.1, -0.05) is 29.8 Å². The SMILES string of the molecule is CCOC(=O)c1c(NC(=O)c2cc3cc(Cl)ccc3oc2=O)sc(C)c1-c1ccc(C)c(C)c1. The van der Waals surface area contributed by atoms with Gasteiger partial charge in [-0.05, 0) is 68.7 Å². The van der Waals surface area contributed by atoms with Gasteiger partial charge in [0.25, 0.3) is 5.91 Å². The van der Waals surface area contributed by atoms with Gasteiger partial charge in [-0.25, -0.2) is 9.59 Å². The molecule has 4 rings (SSSR count). The molecule has 2 heterocycles. The quantitative estimate of drug-likeness (QED) is 0.251. The van der Waals surface area contributed by atoms with Crippen LogP contribution in [0.1, 0.15) is 43.6 Å². The summed E-state index contributed by atoms with van der Waals surface area (Å²) in [5, 5.41) is 4.00. The van der Waals surface area contributed by atoms with Crippen molar-refractivity contribution in [3.63, 3.8) is 0 Å². The minimum absolute atomic E-state index is 0.183. The van der Waals surface area contributed by atoms with Crippen molar-refractivity contribution in [1.29, 1.82) is 0 Å². The third kappa shape index (κ3) is 4.49. The van der Waals surface area contributed by atoms with Gasteiger partial charge in [-0.2, -0.15) is 0 Å². The van der Waals surface area contributed by atoms with E-state index in [1.54, 1.807) is 25.1 Å². The average molecular weight is 496 g/mol. The molecule has 0 fully saturated rings. The molecule has 0 unspecified atom stereocenters. The lowest BCUT2D eigenvalue weighted by Gasteiger charge is -2.10. The number of halogens is 1. The van der Waals surface area contributed by atoms with E-state index in [1.165, 1.54) is 17.4 Å². The molecule has 2 aromatic carbocycles. The molecule has 174 valence electrons. The maximum Gasteiger partial charge on any atom is 0.349 e. The van der Waals surface area contributed by atoms with Crippen LogP contribution in [0.5, 0.6) is 0 Å². The zero-order valence-corrected chi connectivity index (χ0v) is 20.6. The minimum atomic E-state index is -0.785. The topological polar surface area (TPSA) is 85.6 Å². The van der Waals surface area contributed by atoms with Gasteiger partial charge in [0.05, 0.1) is 6.61 Å². The number of rotatable bonds is 5. The highest BCUT2D eigenvalue weighted by Gasteiger charge is 2.27. The number of thiophene rings is 1. The van der Waals surface area contributed by atoms with E-state index in [0.29, 0.717) is 26.6 Å². The summed E-state index contributed by atoms with van der Waals surface area (Å²) < 4.78 is 10.6. The molecular weight excluding hydrogens is 474 g/mol. The van der Waals surface area contributed by atoms with Crippen LogP contribution in [0.3, 0.4) is 0 Å². The number of nitrogens with one attached hydrogen (secondary N) is 1. The number of fused-ring (bicyclic) bond motifs is 1. The molecule has 6 nitrogen and oxygen atoms in total. The van der Waals surface area contributed by atoms with Crippen LogP contribution in [0.4, 0.5) is 5.00 Å². The number of hydrogen-bond acceptors (Lipinski definition) is 6. The van der Waals surface area contributed by atoms with Crippen molar-refractivity contribution >= 4 is 50.8 Å². The molecule has 0 bridgehead atoms. The maximum atomic E-state index is 13.1. The minimum Gasteiger partial charge on any atom is -0.462 e. The first-order valence-electron chi connectivity index (χ1n) is 10.6. The first-order chi connectivity index (χ1) is 16.2. The highest BCUT2D eigenvalue weighted by molar-refractivity contribution is 7.17. The summed E-state index contributed by atoms with van der Waals surface area (Å²) in [5.41, 5.74) is 3.36. The number of anilines is 1. The number of carbonyl (C=O) groups is 2. The molecule has 1 N–H and O–H groups in total. The summed E-state index contributed by atoms with van der Waals surface area (Å²) >= 11 is 7.28. The van der Waals surface area contributed by atoms with Crippen LogP contribution in [-0.4, -0.2) is 18.5 Å². The van der Waals surface area contributed by atoms with Crippen LogP contribution in [0.2, 0.25) is 5.02 Å². The van der Waals surface area contributed by atoms with Crippen molar-refractivity contribution in [1.82, 2.24) is 0 Å². The Labute approximate surface area is 205 Å². The first kappa shape index (κ1) is 23.7. The zero-order valence-electron chi connectivity index (χ0n) is 19.1. The van der Waals surface area contributed by atoms with Gasteiger partial charge < -0.3 is 14.5 Å². The molecule has 1 amide bonds. The number of hydrogen-bond donors (Lipinski definition) is 1. The van der Waals surface area contributed by atoms with Crippen LogP contribution in [-0.2, 0) is 4.74 Å². The van der Waals surface area contributed by atoms with Crippen LogP contribution < -0.4 is 10.9 Å². The monoisotopic (exact) mass is 495 g/mol. The number of carbonyl (C=O) groups excluding carboxylic acids is 2. The van der Waals surface area contributed by atoms with E-state index in [-0.39, 0.29) is 17.7 Å². The van der Waals surface area contributed by atoms with Crippen LogP contribution in [0, 0.1) is 20.8 Å². The summed E-state index contributed by atoms with van der Waals surface area (Å²) in [4.78, 5) is 39.4. The van der Waals surface area contributed by atoms with Gasteiger partial charge in [0.1, 0.15) is 21.7 Å². The second-order valence-electron chi connectivity index (χ2n) is 7.84. The van der Waals surface area contributed by atoms with Gasteiger partial charge in [-0.15, -0.1) is 11.3 Å². The van der Waals surface area contributed by atoms with Crippen LogP contribution in [0.25, 0.3) is 22.1 Å². The number of ether oxygens (including phenoxy) is 1. The van der Waals surface area contributed by atoms with Gasteiger partial charge in [0.15, 0.2) is 0 Å². The normalized spacial score (nSPS) is 11.0. The molecule has 0 radical (unpaired) electrons. The van der Waals surface area contributed by atoms with Gasteiger partial charge in [-0.3, -0.25) is 4.79 Å². The predicted molar refractivity (Wildman–Crippen MR) is 135 cm³/mol. The first-order valence-corrected chi connectivity index (χ1v) is 11.8. The number of esters is 1. The fourth-order valence-electron chi connectivity index (χ4n) is 3.70. The van der Waals surface area contributed by atoms with Gasteiger partial charge in [0.2, 0.25) is 0 Å². The van der Waals surface area contributed by atoms with Crippen molar-refractivity contribution in [2.45, 2.75) is 27.7 Å².